The summed E-state index contributed by atoms with van der Waals surface area (Å²) in [6.45, 7) is 0. The van der Waals surface area contributed by atoms with E-state index < -0.39 is 16.1 Å². The highest BCUT2D eigenvalue weighted by Crippen LogP contribution is 2.18. The van der Waals surface area contributed by atoms with Gasteiger partial charge in [0.2, 0.25) is 21.8 Å². The van der Waals surface area contributed by atoms with Crippen molar-refractivity contribution in [3.63, 3.8) is 0 Å². The zero-order valence-electron chi connectivity index (χ0n) is 10.9. The van der Waals surface area contributed by atoms with E-state index in [2.05, 4.69) is 5.32 Å². The minimum absolute atomic E-state index is 0.0173. The van der Waals surface area contributed by atoms with Crippen molar-refractivity contribution >= 4 is 27.5 Å². The minimum Gasteiger partial charge on any atom is -0.344 e. The zero-order valence-corrected chi connectivity index (χ0v) is 11.7. The lowest BCUT2D eigenvalue weighted by molar-refractivity contribution is -0.123. The van der Waals surface area contributed by atoms with Crippen molar-refractivity contribution in [2.24, 2.45) is 5.14 Å². The Hall–Kier alpha value is -1.93. The number of likely N-dealkylation sites (N-methyl/N-ethyl adjacent to an activating group) is 1. The molecule has 0 unspecified atom stereocenters. The monoisotopic (exact) mass is 297 g/mol. The van der Waals surface area contributed by atoms with E-state index in [0.29, 0.717) is 18.5 Å². The predicted molar refractivity (Wildman–Crippen MR) is 72.4 cm³/mol. The van der Waals surface area contributed by atoms with Crippen molar-refractivity contribution in [3.8, 4) is 0 Å². The van der Waals surface area contributed by atoms with Gasteiger partial charge in [-0.1, -0.05) is 0 Å². The Labute approximate surface area is 116 Å². The van der Waals surface area contributed by atoms with Crippen LogP contribution in [0.4, 0.5) is 5.69 Å². The normalized spacial score (nSPS) is 18.7. The fourth-order valence-corrected chi connectivity index (χ4v) is 2.54. The number of amides is 2. The smallest absolute Gasteiger partial charge is 0.249 e. The Morgan fingerprint density at radius 3 is 2.40 bits per heavy atom. The number of sulfonamides is 1. The third-order valence-electron chi connectivity index (χ3n) is 3.18. The largest absolute Gasteiger partial charge is 0.344 e. The molecule has 1 aromatic carbocycles. The highest BCUT2D eigenvalue weighted by Gasteiger charge is 2.29. The van der Waals surface area contributed by atoms with Gasteiger partial charge in [-0.05, 0) is 30.7 Å². The van der Waals surface area contributed by atoms with E-state index in [-0.39, 0.29) is 16.7 Å². The second-order valence-corrected chi connectivity index (χ2v) is 6.16. The average Bonchev–Trinajstić information content (AvgIpc) is 2.83. The summed E-state index contributed by atoms with van der Waals surface area (Å²) >= 11 is 0. The van der Waals surface area contributed by atoms with Crippen molar-refractivity contribution < 1.29 is 18.0 Å². The molecule has 1 heterocycles. The van der Waals surface area contributed by atoms with Crippen LogP contribution in [0.1, 0.15) is 12.8 Å². The van der Waals surface area contributed by atoms with Crippen LogP contribution in [0.25, 0.3) is 0 Å². The number of nitrogens with zero attached hydrogens (tertiary/aromatic N) is 1. The standard InChI is InChI=1S/C12H15N3O4S/c1-15(12(17)10-6-7-11(16)14-10)8-2-4-9(5-3-8)20(13,18)19/h2-5,10H,6-7H2,1H3,(H,14,16)(H2,13,18,19)/t10-/m0/s1. The Morgan fingerprint density at radius 2 is 1.95 bits per heavy atom. The van der Waals surface area contributed by atoms with Crippen LogP contribution < -0.4 is 15.4 Å². The molecule has 3 N–H and O–H groups in total. The molecular weight excluding hydrogens is 282 g/mol. The van der Waals surface area contributed by atoms with E-state index in [1.54, 1.807) is 7.05 Å². The summed E-state index contributed by atoms with van der Waals surface area (Å²) in [7, 11) is -2.18. The highest BCUT2D eigenvalue weighted by atomic mass is 32.2. The van der Waals surface area contributed by atoms with Gasteiger partial charge in [0, 0.05) is 19.2 Å². The summed E-state index contributed by atoms with van der Waals surface area (Å²) in [6, 6.07) is 5.14. The fourth-order valence-electron chi connectivity index (χ4n) is 2.02. The van der Waals surface area contributed by atoms with Crippen LogP contribution in [0.3, 0.4) is 0 Å². The molecule has 0 spiro atoms. The predicted octanol–water partition coefficient (Wildman–Crippen LogP) is -0.425. The maximum atomic E-state index is 12.1. The van der Waals surface area contributed by atoms with Crippen molar-refractivity contribution in [3.05, 3.63) is 24.3 Å². The number of rotatable bonds is 3. The highest BCUT2D eigenvalue weighted by molar-refractivity contribution is 7.89. The molecule has 0 aromatic heterocycles. The van der Waals surface area contributed by atoms with Gasteiger partial charge in [0.15, 0.2) is 0 Å². The van der Waals surface area contributed by atoms with Crippen LogP contribution in [-0.2, 0) is 19.6 Å². The van der Waals surface area contributed by atoms with E-state index in [9.17, 15) is 18.0 Å². The lowest BCUT2D eigenvalue weighted by Gasteiger charge is -2.21. The summed E-state index contributed by atoms with van der Waals surface area (Å²) in [6.07, 6.45) is 0.811. The van der Waals surface area contributed by atoms with Gasteiger partial charge >= 0.3 is 0 Å². The molecule has 1 aromatic rings. The van der Waals surface area contributed by atoms with Crippen LogP contribution in [0.2, 0.25) is 0 Å². The molecule has 0 saturated carbocycles. The maximum absolute atomic E-state index is 12.1. The number of carbonyl (C=O) groups is 2. The van der Waals surface area contributed by atoms with E-state index in [0.717, 1.165) is 0 Å². The summed E-state index contributed by atoms with van der Waals surface area (Å²) in [5, 5.41) is 7.60. The molecule has 1 atom stereocenters. The van der Waals surface area contributed by atoms with Crippen LogP contribution >= 0.6 is 0 Å². The number of anilines is 1. The minimum atomic E-state index is -3.75. The Balaban J connectivity index is 2.15. The molecule has 2 rings (SSSR count). The molecule has 108 valence electrons. The van der Waals surface area contributed by atoms with Gasteiger partial charge in [-0.15, -0.1) is 0 Å². The molecule has 2 amide bonds. The molecule has 20 heavy (non-hydrogen) atoms. The van der Waals surface area contributed by atoms with E-state index >= 15 is 0 Å². The molecule has 8 heteroatoms. The number of primary sulfonamides is 1. The number of hydrogen-bond acceptors (Lipinski definition) is 4. The molecule has 1 aliphatic rings. The van der Waals surface area contributed by atoms with Gasteiger partial charge in [-0.3, -0.25) is 9.59 Å². The third-order valence-corrected chi connectivity index (χ3v) is 4.11. The number of carbonyl (C=O) groups excluding carboxylic acids is 2. The third kappa shape index (κ3) is 2.97. The van der Waals surface area contributed by atoms with Gasteiger partial charge in [0.1, 0.15) is 6.04 Å². The Bertz CT molecular complexity index is 639. The molecule has 0 bridgehead atoms. The van der Waals surface area contributed by atoms with Crippen molar-refractivity contribution in [1.82, 2.24) is 5.32 Å². The van der Waals surface area contributed by atoms with Gasteiger partial charge in [0.25, 0.3) is 0 Å². The Morgan fingerprint density at radius 1 is 1.35 bits per heavy atom. The lowest BCUT2D eigenvalue weighted by atomic mass is 10.2. The lowest BCUT2D eigenvalue weighted by Crippen LogP contribution is -2.42. The number of nitrogens with one attached hydrogen (secondary N) is 1. The fraction of sp³-hybridized carbons (Fsp3) is 0.333. The van der Waals surface area contributed by atoms with Crippen LogP contribution in [0, 0.1) is 0 Å². The van der Waals surface area contributed by atoms with E-state index in [1.807, 2.05) is 0 Å². The first-order valence-corrected chi connectivity index (χ1v) is 7.53. The van der Waals surface area contributed by atoms with Crippen LogP contribution in [0.5, 0.6) is 0 Å². The van der Waals surface area contributed by atoms with Crippen molar-refractivity contribution in [2.45, 2.75) is 23.8 Å². The number of hydrogen-bond donors (Lipinski definition) is 2. The Kier molecular flexibility index (Phi) is 3.78. The second kappa shape index (κ2) is 5.22. The first kappa shape index (κ1) is 14.5. The van der Waals surface area contributed by atoms with Gasteiger partial charge < -0.3 is 10.2 Å². The molecule has 7 nitrogen and oxygen atoms in total. The van der Waals surface area contributed by atoms with Gasteiger partial charge in [-0.2, -0.15) is 0 Å². The first-order valence-electron chi connectivity index (χ1n) is 5.99. The SMILES string of the molecule is CN(C(=O)[C@@H]1CCC(=O)N1)c1ccc(S(N)(=O)=O)cc1. The second-order valence-electron chi connectivity index (χ2n) is 4.59. The van der Waals surface area contributed by atoms with Crippen molar-refractivity contribution in [1.29, 1.82) is 0 Å². The quantitative estimate of drug-likeness (QED) is 0.789. The van der Waals surface area contributed by atoms with E-state index in [1.165, 1.54) is 29.2 Å². The zero-order chi connectivity index (χ0) is 14.9. The molecule has 1 aliphatic heterocycles. The summed E-state index contributed by atoms with van der Waals surface area (Å²) < 4.78 is 22.3. The van der Waals surface area contributed by atoms with Gasteiger partial charge in [0.05, 0.1) is 4.90 Å². The summed E-state index contributed by atoms with van der Waals surface area (Å²) in [5.74, 6) is -0.375. The number of benzene rings is 1. The molecule has 1 fully saturated rings. The molecule has 1 saturated heterocycles. The van der Waals surface area contributed by atoms with E-state index in [4.69, 9.17) is 5.14 Å². The maximum Gasteiger partial charge on any atom is 0.249 e. The topological polar surface area (TPSA) is 110 Å². The number of nitrogens with two attached hydrogens (primary N) is 1. The van der Waals surface area contributed by atoms with Crippen LogP contribution in [0.15, 0.2) is 29.2 Å². The molecular formula is C12H15N3O4S. The molecule has 0 aliphatic carbocycles. The van der Waals surface area contributed by atoms with Crippen LogP contribution in [-0.4, -0.2) is 33.3 Å². The van der Waals surface area contributed by atoms with Gasteiger partial charge in [-0.25, -0.2) is 13.6 Å². The van der Waals surface area contributed by atoms with Crippen molar-refractivity contribution in [2.75, 3.05) is 11.9 Å². The first-order chi connectivity index (χ1) is 9.29. The molecule has 0 radical (unpaired) electrons. The summed E-state index contributed by atoms with van der Waals surface area (Å²) in [5.41, 5.74) is 0.531. The average molecular weight is 297 g/mol. The summed E-state index contributed by atoms with van der Waals surface area (Å²) in [4.78, 5) is 24.6.